The van der Waals surface area contributed by atoms with Crippen LogP contribution in [0.4, 0.5) is 11.5 Å². The van der Waals surface area contributed by atoms with Gasteiger partial charge in [-0.3, -0.25) is 9.20 Å². The van der Waals surface area contributed by atoms with E-state index in [0.29, 0.717) is 24.3 Å². The molecule has 0 aliphatic carbocycles. The fraction of sp³-hybridized carbons (Fsp3) is 0.200. The first kappa shape index (κ1) is 14.0. The number of fused-ring (bicyclic) bond motifs is 1. The predicted octanol–water partition coefficient (Wildman–Crippen LogP) is 1.59. The first-order chi connectivity index (χ1) is 10.6. The SMILES string of the molecule is Cc1nnc2c(Nc3ccc(CCC(N)=O)cc3)nccn12. The molecule has 3 N–H and O–H groups in total. The molecule has 7 heteroatoms. The van der Waals surface area contributed by atoms with Crippen molar-refractivity contribution in [1.82, 2.24) is 19.6 Å². The van der Waals surface area contributed by atoms with E-state index in [0.717, 1.165) is 17.1 Å². The van der Waals surface area contributed by atoms with Crippen molar-refractivity contribution in [2.24, 2.45) is 5.73 Å². The van der Waals surface area contributed by atoms with Gasteiger partial charge in [-0.1, -0.05) is 12.1 Å². The first-order valence-corrected chi connectivity index (χ1v) is 6.94. The van der Waals surface area contributed by atoms with Gasteiger partial charge in [-0.25, -0.2) is 4.98 Å². The summed E-state index contributed by atoms with van der Waals surface area (Å²) in [7, 11) is 0. The number of anilines is 2. The Kier molecular flexibility index (Phi) is 3.69. The highest BCUT2D eigenvalue weighted by Crippen LogP contribution is 2.19. The molecule has 0 bridgehead atoms. The first-order valence-electron chi connectivity index (χ1n) is 6.94. The van der Waals surface area contributed by atoms with Crippen LogP contribution in [0.15, 0.2) is 36.7 Å². The number of primary amides is 1. The van der Waals surface area contributed by atoms with Crippen molar-refractivity contribution < 1.29 is 4.79 Å². The van der Waals surface area contributed by atoms with Gasteiger partial charge in [0, 0.05) is 24.5 Å². The minimum Gasteiger partial charge on any atom is -0.370 e. The molecule has 0 radical (unpaired) electrons. The summed E-state index contributed by atoms with van der Waals surface area (Å²) in [6, 6.07) is 7.79. The third kappa shape index (κ3) is 2.88. The summed E-state index contributed by atoms with van der Waals surface area (Å²) in [5, 5.41) is 11.4. The lowest BCUT2D eigenvalue weighted by atomic mass is 10.1. The third-order valence-corrected chi connectivity index (χ3v) is 3.37. The fourth-order valence-electron chi connectivity index (χ4n) is 2.19. The Labute approximate surface area is 127 Å². The molecule has 0 aliphatic heterocycles. The van der Waals surface area contributed by atoms with E-state index in [1.54, 1.807) is 6.20 Å². The largest absolute Gasteiger partial charge is 0.370 e. The van der Waals surface area contributed by atoms with Crippen LogP contribution in [0.3, 0.4) is 0 Å². The average molecular weight is 296 g/mol. The van der Waals surface area contributed by atoms with Gasteiger partial charge in [0.2, 0.25) is 11.6 Å². The van der Waals surface area contributed by atoms with Crippen LogP contribution >= 0.6 is 0 Å². The Morgan fingerprint density at radius 1 is 1.27 bits per heavy atom. The van der Waals surface area contributed by atoms with E-state index >= 15 is 0 Å². The number of nitrogens with zero attached hydrogens (tertiary/aromatic N) is 4. The summed E-state index contributed by atoms with van der Waals surface area (Å²) >= 11 is 0. The molecule has 3 aromatic rings. The molecule has 1 aromatic carbocycles. The van der Waals surface area contributed by atoms with Gasteiger partial charge in [0.05, 0.1) is 0 Å². The van der Waals surface area contributed by atoms with Crippen LogP contribution in [0.5, 0.6) is 0 Å². The number of carbonyl (C=O) groups excluding carboxylic acids is 1. The number of benzene rings is 1. The molecule has 0 unspecified atom stereocenters. The number of aryl methyl sites for hydroxylation is 2. The van der Waals surface area contributed by atoms with Gasteiger partial charge in [-0.15, -0.1) is 10.2 Å². The Morgan fingerprint density at radius 3 is 2.77 bits per heavy atom. The zero-order chi connectivity index (χ0) is 15.5. The number of nitrogens with one attached hydrogen (secondary N) is 1. The van der Waals surface area contributed by atoms with E-state index in [9.17, 15) is 4.79 Å². The van der Waals surface area contributed by atoms with Gasteiger partial charge in [-0.05, 0) is 31.0 Å². The highest BCUT2D eigenvalue weighted by atomic mass is 16.1. The Hall–Kier alpha value is -2.96. The third-order valence-electron chi connectivity index (χ3n) is 3.37. The second kappa shape index (κ2) is 5.80. The molecule has 1 amide bonds. The molecular weight excluding hydrogens is 280 g/mol. The second-order valence-electron chi connectivity index (χ2n) is 5.00. The summed E-state index contributed by atoms with van der Waals surface area (Å²) in [4.78, 5) is 15.1. The number of rotatable bonds is 5. The Balaban J connectivity index is 1.79. The zero-order valence-electron chi connectivity index (χ0n) is 12.2. The maximum atomic E-state index is 10.8. The summed E-state index contributed by atoms with van der Waals surface area (Å²) in [5.74, 6) is 1.16. The van der Waals surface area contributed by atoms with Gasteiger partial charge < -0.3 is 11.1 Å². The van der Waals surface area contributed by atoms with E-state index in [2.05, 4.69) is 20.5 Å². The van der Waals surface area contributed by atoms with Crippen LogP contribution in [0.1, 0.15) is 17.8 Å². The molecule has 0 spiro atoms. The highest BCUT2D eigenvalue weighted by Gasteiger charge is 2.07. The summed E-state index contributed by atoms with van der Waals surface area (Å²) < 4.78 is 1.87. The summed E-state index contributed by atoms with van der Waals surface area (Å²) in [6.45, 7) is 1.89. The standard InChI is InChI=1S/C15H16N6O/c1-10-19-20-15-14(17-8-9-21(10)15)18-12-5-2-11(3-6-12)4-7-13(16)22/h2-3,5-6,8-9H,4,7H2,1H3,(H2,16,22)(H,17,18). The van der Waals surface area contributed by atoms with Gasteiger partial charge in [0.15, 0.2) is 5.82 Å². The molecule has 112 valence electrons. The van der Waals surface area contributed by atoms with Crippen molar-refractivity contribution in [1.29, 1.82) is 0 Å². The van der Waals surface area contributed by atoms with Crippen molar-refractivity contribution in [3.8, 4) is 0 Å². The van der Waals surface area contributed by atoms with Crippen LogP contribution in [0.2, 0.25) is 0 Å². The molecule has 0 saturated heterocycles. The smallest absolute Gasteiger partial charge is 0.217 e. The maximum Gasteiger partial charge on any atom is 0.217 e. The number of aromatic nitrogens is 4. The topological polar surface area (TPSA) is 98.2 Å². The molecule has 2 heterocycles. The van der Waals surface area contributed by atoms with Crippen LogP contribution < -0.4 is 11.1 Å². The molecule has 0 atom stereocenters. The molecule has 0 fully saturated rings. The van der Waals surface area contributed by atoms with Crippen molar-refractivity contribution in [3.63, 3.8) is 0 Å². The second-order valence-corrected chi connectivity index (χ2v) is 5.00. The summed E-state index contributed by atoms with van der Waals surface area (Å²) in [6.07, 6.45) is 4.52. The Morgan fingerprint density at radius 2 is 2.05 bits per heavy atom. The van der Waals surface area contributed by atoms with Gasteiger partial charge in [-0.2, -0.15) is 0 Å². The lowest BCUT2D eigenvalue weighted by molar-refractivity contribution is -0.117. The molecule has 0 aliphatic rings. The van der Waals surface area contributed by atoms with E-state index in [1.165, 1.54) is 0 Å². The van der Waals surface area contributed by atoms with E-state index in [-0.39, 0.29) is 5.91 Å². The van der Waals surface area contributed by atoms with Gasteiger partial charge >= 0.3 is 0 Å². The number of hydrogen-bond acceptors (Lipinski definition) is 5. The van der Waals surface area contributed by atoms with Crippen molar-refractivity contribution in [2.45, 2.75) is 19.8 Å². The van der Waals surface area contributed by atoms with E-state index in [4.69, 9.17) is 5.73 Å². The lowest BCUT2D eigenvalue weighted by Crippen LogP contribution is -2.11. The van der Waals surface area contributed by atoms with Crippen LogP contribution in [0.25, 0.3) is 5.65 Å². The molecule has 2 aromatic heterocycles. The van der Waals surface area contributed by atoms with E-state index in [1.807, 2.05) is 41.8 Å². The monoisotopic (exact) mass is 296 g/mol. The minimum atomic E-state index is -0.291. The zero-order valence-corrected chi connectivity index (χ0v) is 12.2. The van der Waals surface area contributed by atoms with Crippen LogP contribution in [-0.4, -0.2) is 25.5 Å². The number of carbonyl (C=O) groups is 1. The van der Waals surface area contributed by atoms with Crippen molar-refractivity contribution in [2.75, 3.05) is 5.32 Å². The minimum absolute atomic E-state index is 0.291. The molecular formula is C15H16N6O. The van der Waals surface area contributed by atoms with Gasteiger partial charge in [0.25, 0.3) is 0 Å². The average Bonchev–Trinajstić information content (AvgIpc) is 2.89. The van der Waals surface area contributed by atoms with Crippen molar-refractivity contribution >= 4 is 23.1 Å². The van der Waals surface area contributed by atoms with Crippen LogP contribution in [0, 0.1) is 6.92 Å². The number of amides is 1. The predicted molar refractivity (Wildman–Crippen MR) is 82.8 cm³/mol. The number of nitrogens with two attached hydrogens (primary N) is 1. The van der Waals surface area contributed by atoms with E-state index < -0.39 is 0 Å². The maximum absolute atomic E-state index is 10.8. The van der Waals surface area contributed by atoms with Crippen LogP contribution in [-0.2, 0) is 11.2 Å². The Bertz CT molecular complexity index is 809. The molecule has 0 saturated carbocycles. The lowest BCUT2D eigenvalue weighted by Gasteiger charge is -2.07. The normalized spacial score (nSPS) is 10.8. The number of hydrogen-bond donors (Lipinski definition) is 2. The molecule has 7 nitrogen and oxygen atoms in total. The van der Waals surface area contributed by atoms with Crippen molar-refractivity contribution in [3.05, 3.63) is 48.0 Å². The highest BCUT2D eigenvalue weighted by molar-refractivity contribution is 5.74. The fourth-order valence-corrected chi connectivity index (χ4v) is 2.19. The molecule has 3 rings (SSSR count). The summed E-state index contributed by atoms with van der Waals surface area (Å²) in [5.41, 5.74) is 7.79. The quantitative estimate of drug-likeness (QED) is 0.745. The molecule has 22 heavy (non-hydrogen) atoms. The van der Waals surface area contributed by atoms with Gasteiger partial charge in [0.1, 0.15) is 5.82 Å².